The maximum Gasteiger partial charge on any atom is 0.410 e. The second-order valence-corrected chi connectivity index (χ2v) is 30.8. The lowest BCUT2D eigenvalue weighted by Crippen LogP contribution is -2.48. The zero-order chi connectivity index (χ0) is 39.1. The number of carbonyl (C=O) groups is 1. The molecule has 0 spiro atoms. The van der Waals surface area contributed by atoms with Crippen LogP contribution >= 0.6 is 15.9 Å². The van der Waals surface area contributed by atoms with Crippen LogP contribution < -0.4 is 4.90 Å². The highest BCUT2D eigenvalue weighted by Crippen LogP contribution is 2.47. The number of aromatic nitrogens is 4. The molecule has 1 N–H and O–H groups in total. The molecule has 1 amide bonds. The first-order valence-corrected chi connectivity index (χ1v) is 27.1. The monoisotopic (exact) mass is 834 g/mol. The Balaban J connectivity index is 1.59. The van der Waals surface area contributed by atoms with Gasteiger partial charge in [-0.15, -0.1) is 0 Å². The lowest BCUT2D eigenvalue weighted by atomic mass is 9.88. The molecule has 0 aliphatic carbocycles. The van der Waals surface area contributed by atoms with Crippen molar-refractivity contribution in [1.82, 2.24) is 24.5 Å². The van der Waals surface area contributed by atoms with Gasteiger partial charge in [-0.3, -0.25) is 4.98 Å². The highest BCUT2D eigenvalue weighted by molar-refractivity contribution is 9.10. The first-order valence-electron chi connectivity index (χ1n) is 18.9. The lowest BCUT2D eigenvalue weighted by molar-refractivity contribution is 0.00565. The maximum absolute atomic E-state index is 15.4. The number of amides is 1. The van der Waals surface area contributed by atoms with E-state index in [9.17, 15) is 9.90 Å². The van der Waals surface area contributed by atoms with Gasteiger partial charge in [-0.25, -0.2) is 14.2 Å². The summed E-state index contributed by atoms with van der Waals surface area (Å²) in [4.78, 5) is 27.0. The summed E-state index contributed by atoms with van der Waals surface area (Å²) in [6.07, 6.45) is 6.27. The van der Waals surface area contributed by atoms with Crippen LogP contribution in [0.5, 0.6) is 0 Å². The maximum atomic E-state index is 15.4. The quantitative estimate of drug-likeness (QED) is 0.0966. The SMILES string of the molecule is CC(C)(C)OC(=O)N1[C@@H]2CC[C@H]1C[C@H](c1nc3c(-c4cnc(C(C)(C)O)c(F)c4)cnn3c(N(COCC[Si](C)(C)C)COCC[Si](C)(C)C)c1Br)C2. The van der Waals surface area contributed by atoms with Crippen molar-refractivity contribution in [1.29, 1.82) is 0 Å². The van der Waals surface area contributed by atoms with Gasteiger partial charge in [-0.05, 0) is 94.4 Å². The molecule has 2 bridgehead atoms. The molecule has 0 radical (unpaired) electrons. The van der Waals surface area contributed by atoms with Gasteiger partial charge in [-0.1, -0.05) is 39.3 Å². The molecule has 2 aliphatic rings. The van der Waals surface area contributed by atoms with Crippen LogP contribution in [0.3, 0.4) is 0 Å². The van der Waals surface area contributed by atoms with E-state index in [0.29, 0.717) is 30.0 Å². The summed E-state index contributed by atoms with van der Waals surface area (Å²) in [5.41, 5.74) is 0.472. The van der Waals surface area contributed by atoms with Crippen LogP contribution in [0.25, 0.3) is 16.8 Å². The predicted molar refractivity (Wildman–Crippen MR) is 216 cm³/mol. The van der Waals surface area contributed by atoms with Crippen molar-refractivity contribution < 1.29 is 28.5 Å². The van der Waals surface area contributed by atoms with Crippen molar-refractivity contribution in [3.8, 4) is 11.1 Å². The number of halogens is 2. The molecule has 294 valence electrons. The Hall–Kier alpha value is -2.44. The number of ether oxygens (including phenoxy) is 3. The van der Waals surface area contributed by atoms with E-state index in [4.69, 9.17) is 24.3 Å². The Morgan fingerprint density at radius 3 is 2.04 bits per heavy atom. The Bertz CT molecular complexity index is 1730. The van der Waals surface area contributed by atoms with Crippen molar-refractivity contribution in [2.45, 2.75) is 141 Å². The third-order valence-corrected chi connectivity index (χ3v) is 14.0. The number of nitrogens with zero attached hydrogens (tertiary/aromatic N) is 6. The zero-order valence-corrected chi connectivity index (χ0v) is 37.1. The van der Waals surface area contributed by atoms with E-state index in [1.54, 1.807) is 16.9 Å². The molecule has 2 aliphatic heterocycles. The number of carbonyl (C=O) groups excluding carboxylic acids is 1. The molecule has 53 heavy (non-hydrogen) atoms. The van der Waals surface area contributed by atoms with Crippen LogP contribution in [0.15, 0.2) is 22.9 Å². The molecule has 3 aromatic rings. The fourth-order valence-electron chi connectivity index (χ4n) is 7.04. The molecule has 2 saturated heterocycles. The summed E-state index contributed by atoms with van der Waals surface area (Å²) in [6, 6.07) is 3.51. The molecular formula is C38H60BrFN6O5Si2. The Morgan fingerprint density at radius 2 is 1.55 bits per heavy atom. The predicted octanol–water partition coefficient (Wildman–Crippen LogP) is 9.00. The highest BCUT2D eigenvalue weighted by atomic mass is 79.9. The van der Waals surface area contributed by atoms with Gasteiger partial charge < -0.3 is 29.1 Å². The van der Waals surface area contributed by atoms with Crippen molar-refractivity contribution in [3.05, 3.63) is 40.1 Å². The van der Waals surface area contributed by atoms with Gasteiger partial charge in [0.05, 0.1) is 16.4 Å². The summed E-state index contributed by atoms with van der Waals surface area (Å²) >= 11 is 4.00. The number of pyridine rings is 1. The van der Waals surface area contributed by atoms with Gasteiger partial charge in [0.2, 0.25) is 0 Å². The van der Waals surface area contributed by atoms with Gasteiger partial charge in [0.25, 0.3) is 0 Å². The average Bonchev–Trinajstić information content (AvgIpc) is 3.55. The molecule has 3 aromatic heterocycles. The third kappa shape index (κ3) is 10.5. The summed E-state index contributed by atoms with van der Waals surface area (Å²) in [6.45, 7) is 24.6. The number of aliphatic hydroxyl groups is 1. The molecule has 15 heteroatoms. The first kappa shape index (κ1) is 41.7. The third-order valence-electron chi connectivity index (χ3n) is 9.83. The van der Waals surface area contributed by atoms with E-state index in [0.717, 1.165) is 53.8 Å². The largest absolute Gasteiger partial charge is 0.444 e. The molecule has 0 aromatic carbocycles. The fraction of sp³-hybridized carbons (Fsp3) is 0.684. The first-order chi connectivity index (χ1) is 24.5. The van der Waals surface area contributed by atoms with Crippen LogP contribution in [-0.2, 0) is 19.8 Å². The number of hydrogen-bond acceptors (Lipinski definition) is 9. The van der Waals surface area contributed by atoms with Crippen LogP contribution in [0.1, 0.15) is 77.6 Å². The van der Waals surface area contributed by atoms with Crippen molar-refractivity contribution in [3.63, 3.8) is 0 Å². The molecule has 5 rings (SSSR count). The molecule has 0 saturated carbocycles. The number of anilines is 1. The molecular weight excluding hydrogens is 776 g/mol. The highest BCUT2D eigenvalue weighted by Gasteiger charge is 2.46. The normalized spacial score (nSPS) is 19.7. The topological polar surface area (TPSA) is 115 Å². The van der Waals surface area contributed by atoms with E-state index < -0.39 is 33.2 Å². The van der Waals surface area contributed by atoms with Crippen LogP contribution in [0, 0.1) is 5.82 Å². The Morgan fingerprint density at radius 1 is 0.981 bits per heavy atom. The standard InChI is InChI=1S/C38H60BrFN6O5Si2/c1-37(2,3)51-36(47)45-27-12-13-28(45)19-25(18-27)32-31(39)35(44(23-49-14-16-52(6,7)8)24-50-15-17-53(9,10)11)46-34(43-32)29(22-42-46)26-20-30(40)33(41-21-26)38(4,5)48/h20-22,25,27-28,48H,12-19,23-24H2,1-11H3/t25-,27-,28+. The second kappa shape index (κ2) is 16.0. The van der Waals surface area contributed by atoms with E-state index in [-0.39, 0.29) is 43.3 Å². The Kier molecular flexibility index (Phi) is 12.6. The molecule has 5 heterocycles. The summed E-state index contributed by atoms with van der Waals surface area (Å²) in [7, 11) is -2.66. The number of rotatable bonds is 14. The fourth-order valence-corrected chi connectivity index (χ4v) is 9.38. The van der Waals surface area contributed by atoms with Crippen molar-refractivity contribution >= 4 is 49.6 Å². The summed E-state index contributed by atoms with van der Waals surface area (Å²) < 4.78 is 36.5. The minimum Gasteiger partial charge on any atom is -0.444 e. The zero-order valence-electron chi connectivity index (χ0n) is 33.6. The smallest absolute Gasteiger partial charge is 0.410 e. The van der Waals surface area contributed by atoms with E-state index in [1.165, 1.54) is 19.9 Å². The average molecular weight is 836 g/mol. The minimum atomic E-state index is -1.44. The van der Waals surface area contributed by atoms with Crippen LogP contribution in [0.2, 0.25) is 51.4 Å². The van der Waals surface area contributed by atoms with E-state index in [2.05, 4.69) is 65.1 Å². The van der Waals surface area contributed by atoms with E-state index in [1.807, 2.05) is 25.7 Å². The van der Waals surface area contributed by atoms with Crippen molar-refractivity contribution in [2.75, 3.05) is 31.6 Å². The molecule has 3 atom stereocenters. The van der Waals surface area contributed by atoms with Crippen molar-refractivity contribution in [2.24, 2.45) is 0 Å². The van der Waals surface area contributed by atoms with Gasteiger partial charge in [-0.2, -0.15) is 9.61 Å². The van der Waals surface area contributed by atoms with E-state index >= 15 is 4.39 Å². The van der Waals surface area contributed by atoms with Gasteiger partial charge in [0.15, 0.2) is 11.5 Å². The number of piperidine rings is 1. The summed E-state index contributed by atoms with van der Waals surface area (Å²) in [5, 5.41) is 15.3. The van der Waals surface area contributed by atoms with Crippen LogP contribution in [0.4, 0.5) is 15.0 Å². The minimum absolute atomic E-state index is 0.0286. The lowest BCUT2D eigenvalue weighted by Gasteiger charge is -2.39. The van der Waals surface area contributed by atoms with Gasteiger partial charge >= 0.3 is 6.09 Å². The molecule has 0 unspecified atom stereocenters. The van der Waals surface area contributed by atoms with Crippen LogP contribution in [-0.4, -0.2) is 96.2 Å². The molecule has 11 nitrogen and oxygen atoms in total. The number of hydrogen-bond donors (Lipinski definition) is 1. The second-order valence-electron chi connectivity index (χ2n) is 18.7. The van der Waals surface area contributed by atoms with Gasteiger partial charge in [0.1, 0.15) is 36.2 Å². The van der Waals surface area contributed by atoms with Gasteiger partial charge in [0, 0.05) is 64.7 Å². The molecule has 2 fully saturated rings. The number of fused-ring (bicyclic) bond motifs is 3. The summed E-state index contributed by atoms with van der Waals surface area (Å²) in [5.74, 6) is 0.161. The Labute approximate surface area is 325 Å².